The fourth-order valence-electron chi connectivity index (χ4n) is 1.10. The zero-order valence-electron chi connectivity index (χ0n) is 8.37. The van der Waals surface area contributed by atoms with E-state index in [1.54, 1.807) is 0 Å². The van der Waals surface area contributed by atoms with Crippen LogP contribution in [0.2, 0.25) is 0 Å². The zero-order chi connectivity index (χ0) is 12.3. The fourth-order valence-corrected chi connectivity index (χ4v) is 1.10. The van der Waals surface area contributed by atoms with Crippen molar-refractivity contribution in [3.63, 3.8) is 0 Å². The Morgan fingerprint density at radius 1 is 1.38 bits per heavy atom. The number of carbonyl (C=O) groups is 1. The van der Waals surface area contributed by atoms with Crippen molar-refractivity contribution in [2.45, 2.75) is 6.61 Å². The summed E-state index contributed by atoms with van der Waals surface area (Å²) in [6.07, 6.45) is 0. The van der Waals surface area contributed by atoms with E-state index in [4.69, 9.17) is 11.5 Å². The van der Waals surface area contributed by atoms with Gasteiger partial charge in [0.1, 0.15) is 5.56 Å². The number of carbonyl (C=O) groups excluding carboxylic acids is 1. The van der Waals surface area contributed by atoms with Crippen LogP contribution in [0.3, 0.4) is 0 Å². The van der Waals surface area contributed by atoms with Crippen LogP contribution in [0.4, 0.5) is 20.2 Å². The molecule has 0 atom stereocenters. The number of benzene rings is 1. The molecule has 5 nitrogen and oxygen atoms in total. The molecule has 1 rings (SSSR count). The lowest BCUT2D eigenvalue weighted by Gasteiger charge is -2.13. The Balaban J connectivity index is 3.27. The molecule has 0 aliphatic heterocycles. The predicted molar refractivity (Wildman–Crippen MR) is 53.2 cm³/mol. The predicted octanol–water partition coefficient (Wildman–Crippen LogP) is 1.24. The number of rotatable bonds is 3. The third kappa shape index (κ3) is 2.30. The molecule has 16 heavy (non-hydrogen) atoms. The van der Waals surface area contributed by atoms with E-state index in [1.807, 2.05) is 0 Å². The van der Waals surface area contributed by atoms with Crippen molar-refractivity contribution in [1.82, 2.24) is 0 Å². The van der Waals surface area contributed by atoms with E-state index in [1.165, 1.54) is 12.1 Å². The summed E-state index contributed by atoms with van der Waals surface area (Å²) in [5, 5.41) is 0. The number of halogens is 2. The fraction of sp³-hybridized carbons (Fsp3) is 0.222. The number of alkyl halides is 2. The number of esters is 1. The van der Waals surface area contributed by atoms with Crippen LogP contribution in [0, 0.1) is 0 Å². The summed E-state index contributed by atoms with van der Waals surface area (Å²) in [5.74, 6) is -1.30. The van der Waals surface area contributed by atoms with Crippen LogP contribution in [0.25, 0.3) is 0 Å². The van der Waals surface area contributed by atoms with Crippen molar-refractivity contribution in [3.05, 3.63) is 17.7 Å². The molecule has 0 aliphatic rings. The number of hydrogen-bond acceptors (Lipinski definition) is 5. The van der Waals surface area contributed by atoms with Gasteiger partial charge in [-0.1, -0.05) is 0 Å². The second kappa shape index (κ2) is 4.65. The van der Waals surface area contributed by atoms with Crippen molar-refractivity contribution in [2.75, 3.05) is 18.6 Å². The van der Waals surface area contributed by atoms with Gasteiger partial charge in [-0.3, -0.25) is 0 Å². The van der Waals surface area contributed by atoms with Gasteiger partial charge in [0.05, 0.1) is 18.5 Å². The third-order valence-corrected chi connectivity index (χ3v) is 1.84. The van der Waals surface area contributed by atoms with Gasteiger partial charge in [0.2, 0.25) is 0 Å². The van der Waals surface area contributed by atoms with Crippen molar-refractivity contribution < 1.29 is 23.0 Å². The molecule has 7 heteroatoms. The number of ether oxygens (including phenoxy) is 2. The van der Waals surface area contributed by atoms with Crippen LogP contribution in [0.5, 0.6) is 5.75 Å². The van der Waals surface area contributed by atoms with Gasteiger partial charge in [0.25, 0.3) is 0 Å². The van der Waals surface area contributed by atoms with Gasteiger partial charge in [0.15, 0.2) is 5.75 Å². The number of nitrogen functional groups attached to an aromatic ring is 2. The first kappa shape index (κ1) is 12.0. The normalized spacial score (nSPS) is 10.2. The van der Waals surface area contributed by atoms with E-state index >= 15 is 0 Å². The van der Waals surface area contributed by atoms with E-state index in [-0.39, 0.29) is 16.9 Å². The lowest BCUT2D eigenvalue weighted by Crippen LogP contribution is -2.12. The lowest BCUT2D eigenvalue weighted by molar-refractivity contribution is -0.0498. The minimum atomic E-state index is -3.10. The molecule has 0 heterocycles. The Hall–Kier alpha value is -2.05. The summed E-state index contributed by atoms with van der Waals surface area (Å²) >= 11 is 0. The van der Waals surface area contributed by atoms with Gasteiger partial charge < -0.3 is 20.9 Å². The molecule has 0 aromatic heterocycles. The van der Waals surface area contributed by atoms with Crippen molar-refractivity contribution in [3.8, 4) is 5.75 Å². The average Bonchev–Trinajstić information content (AvgIpc) is 2.23. The molecule has 0 radical (unpaired) electrons. The molecule has 0 bridgehead atoms. The number of anilines is 2. The van der Waals surface area contributed by atoms with E-state index in [0.717, 1.165) is 7.11 Å². The Kier molecular flexibility index (Phi) is 3.49. The van der Waals surface area contributed by atoms with Gasteiger partial charge in [-0.2, -0.15) is 8.78 Å². The molecule has 1 aromatic rings. The van der Waals surface area contributed by atoms with Crippen molar-refractivity contribution >= 4 is 17.3 Å². The zero-order valence-corrected chi connectivity index (χ0v) is 8.37. The minimum absolute atomic E-state index is 0.0447. The van der Waals surface area contributed by atoms with Gasteiger partial charge in [-0.05, 0) is 12.1 Å². The van der Waals surface area contributed by atoms with Crippen molar-refractivity contribution in [1.29, 1.82) is 0 Å². The Bertz CT molecular complexity index is 410. The van der Waals surface area contributed by atoms with Gasteiger partial charge in [-0.15, -0.1) is 0 Å². The molecule has 0 saturated heterocycles. The largest absolute Gasteiger partial charge is 0.465 e. The Morgan fingerprint density at radius 2 is 2.00 bits per heavy atom. The number of nitrogens with two attached hydrogens (primary N) is 2. The van der Waals surface area contributed by atoms with Crippen molar-refractivity contribution in [2.24, 2.45) is 0 Å². The van der Waals surface area contributed by atoms with Crippen LogP contribution in [0.15, 0.2) is 12.1 Å². The van der Waals surface area contributed by atoms with E-state index in [2.05, 4.69) is 9.47 Å². The summed E-state index contributed by atoms with van der Waals surface area (Å²) < 4.78 is 32.8. The first-order chi connectivity index (χ1) is 7.47. The summed E-state index contributed by atoms with van der Waals surface area (Å²) in [7, 11) is 1.11. The quantitative estimate of drug-likeness (QED) is 0.604. The SMILES string of the molecule is COC(=O)c1ccc(N)c(N)c1OC(F)F. The van der Waals surface area contributed by atoms with E-state index in [0.29, 0.717) is 0 Å². The maximum atomic E-state index is 12.1. The smallest absolute Gasteiger partial charge is 0.387 e. The molecule has 0 unspecified atom stereocenters. The highest BCUT2D eigenvalue weighted by atomic mass is 19.3. The summed E-state index contributed by atoms with van der Waals surface area (Å²) in [6, 6.07) is 2.51. The summed E-state index contributed by atoms with van der Waals surface area (Å²) in [6.45, 7) is -3.10. The molecule has 4 N–H and O–H groups in total. The molecule has 1 aromatic carbocycles. The highest BCUT2D eigenvalue weighted by molar-refractivity contribution is 5.96. The second-order valence-corrected chi connectivity index (χ2v) is 2.82. The first-order valence-corrected chi connectivity index (χ1v) is 4.18. The second-order valence-electron chi connectivity index (χ2n) is 2.82. The minimum Gasteiger partial charge on any atom is -0.465 e. The molecule has 0 saturated carbocycles. The Morgan fingerprint density at radius 3 is 2.50 bits per heavy atom. The molecule has 0 fully saturated rings. The van der Waals surface area contributed by atoms with Gasteiger partial charge in [-0.25, -0.2) is 4.79 Å². The van der Waals surface area contributed by atoms with Crippen LogP contribution in [-0.4, -0.2) is 19.7 Å². The average molecular weight is 232 g/mol. The van der Waals surface area contributed by atoms with Gasteiger partial charge >= 0.3 is 12.6 Å². The molecule has 0 amide bonds. The standard InChI is InChI=1S/C9H10F2N2O3/c1-15-8(14)4-2-3-5(12)6(13)7(4)16-9(10)11/h2-3,9H,12-13H2,1H3. The molecule has 0 aliphatic carbocycles. The maximum absolute atomic E-state index is 12.1. The molecule has 88 valence electrons. The maximum Gasteiger partial charge on any atom is 0.387 e. The Labute approximate surface area is 89.9 Å². The molecule has 0 spiro atoms. The highest BCUT2D eigenvalue weighted by Gasteiger charge is 2.20. The number of hydrogen-bond donors (Lipinski definition) is 2. The topological polar surface area (TPSA) is 87.6 Å². The van der Waals surface area contributed by atoms with E-state index in [9.17, 15) is 13.6 Å². The third-order valence-electron chi connectivity index (χ3n) is 1.84. The highest BCUT2D eigenvalue weighted by Crippen LogP contribution is 2.33. The summed E-state index contributed by atoms with van der Waals surface area (Å²) in [4.78, 5) is 11.2. The summed E-state index contributed by atoms with van der Waals surface area (Å²) in [5.41, 5.74) is 10.5. The molecular formula is C9H10F2N2O3. The lowest BCUT2D eigenvalue weighted by atomic mass is 10.1. The van der Waals surface area contributed by atoms with Crippen LogP contribution >= 0.6 is 0 Å². The first-order valence-electron chi connectivity index (χ1n) is 4.18. The number of methoxy groups -OCH3 is 1. The van der Waals surface area contributed by atoms with E-state index < -0.39 is 18.3 Å². The van der Waals surface area contributed by atoms with Crippen LogP contribution in [0.1, 0.15) is 10.4 Å². The van der Waals surface area contributed by atoms with Crippen LogP contribution in [-0.2, 0) is 4.74 Å². The van der Waals surface area contributed by atoms with Crippen LogP contribution < -0.4 is 16.2 Å². The monoisotopic (exact) mass is 232 g/mol. The molecular weight excluding hydrogens is 222 g/mol. The van der Waals surface area contributed by atoms with Gasteiger partial charge in [0, 0.05) is 0 Å².